The van der Waals surface area contributed by atoms with E-state index in [4.69, 9.17) is 19.8 Å². The van der Waals surface area contributed by atoms with Crippen LogP contribution in [-0.4, -0.2) is 55.8 Å². The molecule has 25 heavy (non-hydrogen) atoms. The second kappa shape index (κ2) is 8.72. The fourth-order valence-electron chi connectivity index (χ4n) is 1.96. The highest BCUT2D eigenvalue weighted by atomic mass is 32.3. The third-order valence-electron chi connectivity index (χ3n) is 2.87. The molecule has 14 heteroatoms. The van der Waals surface area contributed by atoms with Crippen molar-refractivity contribution in [1.82, 2.24) is 10.3 Å². The van der Waals surface area contributed by atoms with Crippen LogP contribution in [0.5, 0.6) is 0 Å². The highest BCUT2D eigenvalue weighted by Gasteiger charge is 2.28. The maximum absolute atomic E-state index is 11.6. The Bertz CT molecular complexity index is 707. The molecule has 1 aromatic heterocycles. The lowest BCUT2D eigenvalue weighted by Gasteiger charge is -2.22. The predicted molar refractivity (Wildman–Crippen MR) is 81.1 cm³/mol. The molecule has 0 radical (unpaired) electrons. The number of ether oxygens (including phenoxy) is 2. The van der Waals surface area contributed by atoms with Gasteiger partial charge in [0.05, 0.1) is 13.2 Å². The number of nitrogens with one attached hydrogen (secondary N) is 2. The Morgan fingerprint density at radius 2 is 2.36 bits per heavy atom. The van der Waals surface area contributed by atoms with Crippen LogP contribution in [0.2, 0.25) is 0 Å². The summed E-state index contributed by atoms with van der Waals surface area (Å²) in [7, 11) is -4.90. The van der Waals surface area contributed by atoms with Gasteiger partial charge in [0.25, 0.3) is 0 Å². The largest absolute Gasteiger partial charge is 0.870 e. The molecule has 1 fully saturated rings. The minimum absolute atomic E-state index is 0. The van der Waals surface area contributed by atoms with E-state index in [2.05, 4.69) is 19.9 Å². The SMILES string of the molecule is CCOC(=O)Nc1nc(C2CNCCO2)cc(N)[n+]1OS(=O)(=O)O.[OH-]. The topological polar surface area (TPSA) is 196 Å². The number of nitrogen functional groups attached to an aromatic ring is 1. The minimum Gasteiger partial charge on any atom is -0.870 e. The van der Waals surface area contributed by atoms with E-state index in [0.717, 1.165) is 0 Å². The molecule has 0 spiro atoms. The number of carbonyl (C=O) groups excluding carboxylic acids is 1. The van der Waals surface area contributed by atoms with Crippen molar-refractivity contribution in [2.24, 2.45) is 0 Å². The zero-order chi connectivity index (χ0) is 17.7. The monoisotopic (exact) mass is 381 g/mol. The van der Waals surface area contributed by atoms with Gasteiger partial charge in [-0.2, -0.15) is 13.7 Å². The first-order valence-electron chi connectivity index (χ1n) is 6.96. The summed E-state index contributed by atoms with van der Waals surface area (Å²) in [4.78, 5) is 15.7. The van der Waals surface area contributed by atoms with Crippen LogP contribution in [0.25, 0.3) is 0 Å². The summed E-state index contributed by atoms with van der Waals surface area (Å²) < 4.78 is 45.7. The smallest absolute Gasteiger partial charge is 0.474 e. The molecule has 1 aliphatic rings. The summed E-state index contributed by atoms with van der Waals surface area (Å²) >= 11 is 0. The third-order valence-corrected chi connectivity index (χ3v) is 3.21. The molecule has 2 rings (SSSR count). The van der Waals surface area contributed by atoms with E-state index in [1.54, 1.807) is 6.92 Å². The Labute approximate surface area is 143 Å². The van der Waals surface area contributed by atoms with E-state index >= 15 is 0 Å². The number of hydrogen-bond acceptors (Lipinski definition) is 10. The Hall–Kier alpha value is -2.26. The molecule has 1 atom stereocenters. The second-order valence-electron chi connectivity index (χ2n) is 4.64. The molecule has 0 saturated carbocycles. The van der Waals surface area contributed by atoms with Crippen molar-refractivity contribution in [2.45, 2.75) is 13.0 Å². The van der Waals surface area contributed by atoms with Gasteiger partial charge in [-0.05, 0) is 11.7 Å². The van der Waals surface area contributed by atoms with Crippen LogP contribution in [0.4, 0.5) is 16.6 Å². The minimum atomic E-state index is -4.90. The number of morpholine rings is 1. The van der Waals surface area contributed by atoms with Gasteiger partial charge in [0, 0.05) is 19.2 Å². The molecule has 1 amide bonds. The van der Waals surface area contributed by atoms with Gasteiger partial charge < -0.3 is 26.0 Å². The lowest BCUT2D eigenvalue weighted by Crippen LogP contribution is -2.51. The number of rotatable bonds is 5. The summed E-state index contributed by atoms with van der Waals surface area (Å²) in [6.07, 6.45) is -1.36. The maximum Gasteiger partial charge on any atom is 0.474 e. The predicted octanol–water partition coefficient (Wildman–Crippen LogP) is -1.76. The number of nitrogens with two attached hydrogens (primary N) is 1. The van der Waals surface area contributed by atoms with E-state index in [-0.39, 0.29) is 17.9 Å². The fraction of sp³-hybridized carbons (Fsp3) is 0.545. The lowest BCUT2D eigenvalue weighted by molar-refractivity contribution is -0.835. The van der Waals surface area contributed by atoms with Gasteiger partial charge >= 0.3 is 22.4 Å². The molecule has 0 bridgehead atoms. The summed E-state index contributed by atoms with van der Waals surface area (Å²) in [5, 5.41) is 5.28. The summed E-state index contributed by atoms with van der Waals surface area (Å²) in [5.74, 6) is -0.631. The molecule has 6 N–H and O–H groups in total. The van der Waals surface area contributed by atoms with E-state index in [9.17, 15) is 13.2 Å². The van der Waals surface area contributed by atoms with Crippen LogP contribution in [0.1, 0.15) is 18.7 Å². The van der Waals surface area contributed by atoms with Gasteiger partial charge in [-0.3, -0.25) is 4.55 Å². The number of carbonyl (C=O) groups is 1. The molecule has 142 valence electrons. The van der Waals surface area contributed by atoms with Crippen molar-refractivity contribution in [3.05, 3.63) is 11.8 Å². The summed E-state index contributed by atoms with van der Waals surface area (Å²) in [6, 6.07) is 1.30. The summed E-state index contributed by atoms with van der Waals surface area (Å²) in [6.45, 7) is 3.24. The van der Waals surface area contributed by atoms with Crippen molar-refractivity contribution < 1.29 is 41.7 Å². The van der Waals surface area contributed by atoms with E-state index in [0.29, 0.717) is 30.1 Å². The Morgan fingerprint density at radius 3 is 2.92 bits per heavy atom. The first kappa shape index (κ1) is 20.8. The molecule has 1 aliphatic heterocycles. The van der Waals surface area contributed by atoms with Gasteiger partial charge in [0.1, 0.15) is 11.8 Å². The van der Waals surface area contributed by atoms with Gasteiger partial charge in [-0.1, -0.05) is 0 Å². The highest BCUT2D eigenvalue weighted by molar-refractivity contribution is 7.80. The third kappa shape index (κ3) is 5.95. The van der Waals surface area contributed by atoms with E-state index in [1.165, 1.54) is 6.07 Å². The quantitative estimate of drug-likeness (QED) is 0.333. The van der Waals surface area contributed by atoms with Crippen molar-refractivity contribution in [3.63, 3.8) is 0 Å². The number of amides is 1. The first-order chi connectivity index (χ1) is 11.3. The van der Waals surface area contributed by atoms with Crippen LogP contribution >= 0.6 is 0 Å². The van der Waals surface area contributed by atoms with Gasteiger partial charge in [0.15, 0.2) is 0 Å². The summed E-state index contributed by atoms with van der Waals surface area (Å²) in [5.41, 5.74) is 6.07. The molecule has 13 nitrogen and oxygen atoms in total. The van der Waals surface area contributed by atoms with E-state index in [1.807, 2.05) is 0 Å². The van der Waals surface area contributed by atoms with E-state index < -0.39 is 28.5 Å². The lowest BCUT2D eigenvalue weighted by atomic mass is 10.2. The van der Waals surface area contributed by atoms with Gasteiger partial charge in [0.2, 0.25) is 5.82 Å². The molecule has 1 saturated heterocycles. The fourth-order valence-corrected chi connectivity index (χ4v) is 2.31. The molecule has 2 heterocycles. The Morgan fingerprint density at radius 1 is 1.64 bits per heavy atom. The first-order valence-corrected chi connectivity index (χ1v) is 8.32. The molecule has 1 aromatic rings. The second-order valence-corrected chi connectivity index (χ2v) is 5.64. The van der Waals surface area contributed by atoms with Crippen LogP contribution < -0.4 is 25.4 Å². The zero-order valence-electron chi connectivity index (χ0n) is 13.2. The molecule has 0 aliphatic carbocycles. The Balaban J connectivity index is 0.00000312. The van der Waals surface area contributed by atoms with Crippen molar-refractivity contribution in [3.8, 4) is 0 Å². The average molecular weight is 381 g/mol. The van der Waals surface area contributed by atoms with Crippen LogP contribution in [0.15, 0.2) is 6.07 Å². The molecule has 0 aromatic carbocycles. The normalized spacial score (nSPS) is 17.3. The van der Waals surface area contributed by atoms with Crippen molar-refractivity contribution in [2.75, 3.05) is 37.4 Å². The molecular weight excluding hydrogens is 362 g/mol. The van der Waals surface area contributed by atoms with Crippen LogP contribution in [0.3, 0.4) is 0 Å². The highest BCUT2D eigenvalue weighted by Crippen LogP contribution is 2.19. The number of anilines is 2. The van der Waals surface area contributed by atoms with Crippen molar-refractivity contribution >= 4 is 28.3 Å². The maximum atomic E-state index is 11.6. The van der Waals surface area contributed by atoms with Crippen LogP contribution in [0, 0.1) is 0 Å². The number of hydrogen-bond donors (Lipinski definition) is 4. The average Bonchev–Trinajstić information content (AvgIpc) is 2.50. The molecular formula is C11H19N5O8S. The Kier molecular flexibility index (Phi) is 7.25. The number of aromatic nitrogens is 2. The molecule has 1 unspecified atom stereocenters. The van der Waals surface area contributed by atoms with Gasteiger partial charge in [-0.25, -0.2) is 9.08 Å². The van der Waals surface area contributed by atoms with Crippen LogP contribution in [-0.2, 0) is 19.9 Å². The number of nitrogens with zero attached hydrogens (tertiary/aromatic N) is 2. The standard InChI is InChI=1S/C11H17N5O7S.H2O/c1-2-21-11(17)15-10-14-7(8-6-13-3-4-22-8)5-9(12)16(10)23-24(18,19)20;/h5,8,13H,2-4,6H2,1H3,(H3,12,14,15,17,18,19,20);1H2. The zero-order valence-corrected chi connectivity index (χ0v) is 14.0. The van der Waals surface area contributed by atoms with Crippen molar-refractivity contribution in [1.29, 1.82) is 0 Å². The van der Waals surface area contributed by atoms with Gasteiger partial charge in [-0.15, -0.1) is 4.98 Å².